The first-order valence-electron chi connectivity index (χ1n) is 18.6. The average Bonchev–Trinajstić information content (AvgIpc) is 3.70. The molecule has 0 radical (unpaired) electrons. The van der Waals surface area contributed by atoms with Crippen molar-refractivity contribution in [1.29, 1.82) is 0 Å². The van der Waals surface area contributed by atoms with E-state index in [2.05, 4.69) is 58.5 Å². The van der Waals surface area contributed by atoms with E-state index in [0.29, 0.717) is 18.4 Å². The van der Waals surface area contributed by atoms with E-state index < -0.39 is 11.9 Å². The van der Waals surface area contributed by atoms with Crippen LogP contribution in [0.1, 0.15) is 106 Å². The van der Waals surface area contributed by atoms with E-state index in [1.54, 1.807) is 7.11 Å². The number of methoxy groups -OCH3 is 1. The Balaban J connectivity index is 0.978. The molecule has 9 nitrogen and oxygen atoms in total. The summed E-state index contributed by atoms with van der Waals surface area (Å²) in [5.74, 6) is 2.61. The lowest BCUT2D eigenvalue weighted by molar-refractivity contribution is -0.142. The minimum absolute atomic E-state index is 0.0576. The topological polar surface area (TPSA) is 103 Å². The number of benzene rings is 2. The van der Waals surface area contributed by atoms with Crippen molar-refractivity contribution >= 4 is 16.9 Å². The number of unbranched alkanes of at least 4 members (excludes halogenated alkanes) is 3. The lowest BCUT2D eigenvalue weighted by Gasteiger charge is -2.38. The maximum Gasteiger partial charge on any atom is 0.306 e. The Morgan fingerprint density at radius 2 is 1.88 bits per heavy atom. The highest BCUT2D eigenvalue weighted by Crippen LogP contribution is 2.48. The number of carbonyl (C=O) groups is 1. The number of hydrogen-bond acceptors (Lipinski definition) is 7. The van der Waals surface area contributed by atoms with Gasteiger partial charge in [-0.15, -0.1) is 5.10 Å². The molecule has 262 valence electrons. The van der Waals surface area contributed by atoms with Crippen LogP contribution >= 0.6 is 0 Å². The van der Waals surface area contributed by atoms with Gasteiger partial charge in [-0.25, -0.2) is 4.68 Å². The number of aryl methyl sites for hydroxylation is 2. The number of fused-ring (bicyclic) bond motifs is 2. The lowest BCUT2D eigenvalue weighted by Crippen LogP contribution is -2.40. The van der Waals surface area contributed by atoms with Crippen LogP contribution in [0.2, 0.25) is 0 Å². The van der Waals surface area contributed by atoms with Gasteiger partial charge in [-0.1, -0.05) is 50.5 Å². The van der Waals surface area contributed by atoms with E-state index in [9.17, 15) is 9.90 Å². The summed E-state index contributed by atoms with van der Waals surface area (Å²) in [6.45, 7) is 7.39. The van der Waals surface area contributed by atoms with Gasteiger partial charge in [0.2, 0.25) is 0 Å². The SMILES string of the molecule is CCCCCCc1cn(Cc2cc3ccc(OC)c(CN4CCC([C@H]5CCc6ccc([C@H](C7CC7)[C@H](C)C(=O)O)cc6O5)CC4)c3o2)nn1. The van der Waals surface area contributed by atoms with Crippen LogP contribution in [-0.2, 0) is 30.7 Å². The predicted octanol–water partition coefficient (Wildman–Crippen LogP) is 8.02. The second-order valence-electron chi connectivity index (χ2n) is 14.8. The minimum atomic E-state index is -0.713. The summed E-state index contributed by atoms with van der Waals surface area (Å²) in [5, 5.41) is 19.6. The van der Waals surface area contributed by atoms with Crippen molar-refractivity contribution in [3.8, 4) is 11.5 Å². The van der Waals surface area contributed by atoms with E-state index in [1.807, 2.05) is 17.8 Å². The summed E-state index contributed by atoms with van der Waals surface area (Å²) >= 11 is 0. The molecule has 2 aliphatic heterocycles. The molecule has 7 rings (SSSR count). The molecule has 0 spiro atoms. The number of carboxylic acids is 1. The highest BCUT2D eigenvalue weighted by atomic mass is 16.5. The summed E-state index contributed by atoms with van der Waals surface area (Å²) in [7, 11) is 1.73. The van der Waals surface area contributed by atoms with Crippen LogP contribution in [0.3, 0.4) is 0 Å². The monoisotopic (exact) mass is 668 g/mol. The largest absolute Gasteiger partial charge is 0.496 e. The Morgan fingerprint density at radius 1 is 1.04 bits per heavy atom. The first-order chi connectivity index (χ1) is 23.9. The number of aromatic nitrogens is 3. The summed E-state index contributed by atoms with van der Waals surface area (Å²) in [6.07, 6.45) is 14.5. The smallest absolute Gasteiger partial charge is 0.306 e. The molecule has 2 fully saturated rings. The Bertz CT molecular complexity index is 1730. The van der Waals surface area contributed by atoms with Crippen molar-refractivity contribution < 1.29 is 23.8 Å². The van der Waals surface area contributed by atoms with Gasteiger partial charge in [0.15, 0.2) is 0 Å². The molecule has 2 aromatic heterocycles. The van der Waals surface area contributed by atoms with Gasteiger partial charge in [-0.3, -0.25) is 9.69 Å². The fraction of sp³-hybridized carbons (Fsp3) is 0.575. The standard InChI is InChI=1S/C40H52N4O5/c1-4-5-6-7-8-32-23-44(42-41-32)24-33-21-31-14-16-36(47-3)34(39(31)48-33)25-43-19-17-28(18-20-43)35-15-13-27-9-12-30(22-37(27)49-35)38(29-10-11-29)26(2)40(45)46/h9,12,14,16,21-23,26,28-29,35,38H,4-8,10-11,13,15,17-20,24-25H2,1-3H3,(H,45,46)/t26-,35+,38-/m0/s1. The molecule has 4 aromatic rings. The first-order valence-corrected chi connectivity index (χ1v) is 18.6. The summed E-state index contributed by atoms with van der Waals surface area (Å²) in [4.78, 5) is 14.4. The molecule has 1 saturated carbocycles. The number of rotatable bonds is 15. The first kappa shape index (κ1) is 33.6. The van der Waals surface area contributed by atoms with Crippen LogP contribution in [0.4, 0.5) is 0 Å². The number of likely N-dealkylation sites (tertiary alicyclic amines) is 1. The Labute approximate surface area is 290 Å². The van der Waals surface area contributed by atoms with Crippen LogP contribution < -0.4 is 9.47 Å². The summed E-state index contributed by atoms with van der Waals surface area (Å²) in [5.41, 5.74) is 5.40. The average molecular weight is 669 g/mol. The second-order valence-corrected chi connectivity index (χ2v) is 14.8. The molecule has 9 heteroatoms. The number of hydrogen-bond donors (Lipinski definition) is 1. The van der Waals surface area contributed by atoms with Gasteiger partial charge >= 0.3 is 5.97 Å². The molecule has 0 amide bonds. The van der Waals surface area contributed by atoms with Gasteiger partial charge in [0, 0.05) is 18.1 Å². The fourth-order valence-electron chi connectivity index (χ4n) is 8.27. The molecule has 1 aliphatic carbocycles. The van der Waals surface area contributed by atoms with Gasteiger partial charge in [-0.2, -0.15) is 0 Å². The molecule has 4 heterocycles. The molecule has 1 saturated heterocycles. The molecule has 3 aliphatic rings. The normalized spacial score (nSPS) is 19.8. The maximum atomic E-state index is 11.9. The molecule has 2 aromatic carbocycles. The van der Waals surface area contributed by atoms with E-state index in [4.69, 9.17) is 13.9 Å². The Kier molecular flexibility index (Phi) is 10.3. The van der Waals surface area contributed by atoms with E-state index in [0.717, 1.165) is 116 Å². The summed E-state index contributed by atoms with van der Waals surface area (Å²) < 4.78 is 20.9. The van der Waals surface area contributed by atoms with Crippen molar-refractivity contribution in [2.75, 3.05) is 20.2 Å². The molecular weight excluding hydrogens is 616 g/mol. The zero-order valence-corrected chi connectivity index (χ0v) is 29.4. The van der Waals surface area contributed by atoms with Crippen LogP contribution in [0.25, 0.3) is 11.0 Å². The number of furan rings is 1. The van der Waals surface area contributed by atoms with E-state index in [1.165, 1.54) is 24.8 Å². The zero-order chi connectivity index (χ0) is 33.9. The van der Waals surface area contributed by atoms with Crippen molar-refractivity contribution in [1.82, 2.24) is 19.9 Å². The van der Waals surface area contributed by atoms with Crippen molar-refractivity contribution in [2.45, 2.75) is 110 Å². The van der Waals surface area contributed by atoms with Gasteiger partial charge in [0.1, 0.15) is 35.5 Å². The number of piperidine rings is 1. The lowest BCUT2D eigenvalue weighted by atomic mass is 9.81. The van der Waals surface area contributed by atoms with Gasteiger partial charge < -0.3 is 19.0 Å². The maximum absolute atomic E-state index is 11.9. The molecule has 1 N–H and O–H groups in total. The molecular formula is C40H52N4O5. The van der Waals surface area contributed by atoms with Crippen LogP contribution in [0.15, 0.2) is 47.0 Å². The second kappa shape index (κ2) is 15.0. The quantitative estimate of drug-likeness (QED) is 0.127. The minimum Gasteiger partial charge on any atom is -0.496 e. The van der Waals surface area contributed by atoms with Crippen LogP contribution in [-0.4, -0.2) is 57.3 Å². The van der Waals surface area contributed by atoms with Crippen molar-refractivity contribution in [3.05, 3.63) is 70.7 Å². The third kappa shape index (κ3) is 7.67. The van der Waals surface area contributed by atoms with E-state index >= 15 is 0 Å². The number of nitrogens with zero attached hydrogens (tertiary/aromatic N) is 4. The van der Waals surface area contributed by atoms with Gasteiger partial charge in [-0.05, 0) is 118 Å². The van der Waals surface area contributed by atoms with Crippen LogP contribution in [0.5, 0.6) is 11.5 Å². The number of aliphatic carboxylic acids is 1. The van der Waals surface area contributed by atoms with Crippen molar-refractivity contribution in [2.24, 2.45) is 17.8 Å². The number of carboxylic acid groups (broad SMARTS) is 1. The van der Waals surface area contributed by atoms with E-state index in [-0.39, 0.29) is 12.0 Å². The number of ether oxygens (including phenoxy) is 2. The van der Waals surface area contributed by atoms with Crippen LogP contribution in [0, 0.1) is 17.8 Å². The molecule has 49 heavy (non-hydrogen) atoms. The molecule has 0 bridgehead atoms. The Morgan fingerprint density at radius 3 is 2.63 bits per heavy atom. The molecule has 0 unspecified atom stereocenters. The molecule has 3 atom stereocenters. The van der Waals surface area contributed by atoms with Gasteiger partial charge in [0.25, 0.3) is 0 Å². The third-order valence-electron chi connectivity index (χ3n) is 11.3. The summed E-state index contributed by atoms with van der Waals surface area (Å²) in [6, 6.07) is 12.8. The fourth-order valence-corrected chi connectivity index (χ4v) is 8.27. The Hall–Kier alpha value is -3.85. The zero-order valence-electron chi connectivity index (χ0n) is 29.4. The highest BCUT2D eigenvalue weighted by Gasteiger charge is 2.39. The van der Waals surface area contributed by atoms with Gasteiger partial charge in [0.05, 0.1) is 24.3 Å². The third-order valence-corrected chi connectivity index (χ3v) is 11.3. The predicted molar refractivity (Wildman–Crippen MR) is 189 cm³/mol. The highest BCUT2D eigenvalue weighted by molar-refractivity contribution is 5.83. The van der Waals surface area contributed by atoms with Crippen molar-refractivity contribution in [3.63, 3.8) is 0 Å².